The fourth-order valence-electron chi connectivity index (χ4n) is 4.18. The van der Waals surface area contributed by atoms with E-state index in [0.29, 0.717) is 30.4 Å². The van der Waals surface area contributed by atoms with Gasteiger partial charge in [0.2, 0.25) is 0 Å². The summed E-state index contributed by atoms with van der Waals surface area (Å²) in [5, 5.41) is 12.0. The molecule has 1 amide bonds. The van der Waals surface area contributed by atoms with Crippen molar-refractivity contribution < 1.29 is 9.18 Å². The van der Waals surface area contributed by atoms with Crippen LogP contribution in [0.15, 0.2) is 36.8 Å². The minimum atomic E-state index is -0.310. The van der Waals surface area contributed by atoms with Crippen LogP contribution in [-0.4, -0.2) is 54.8 Å². The summed E-state index contributed by atoms with van der Waals surface area (Å²) in [6.07, 6.45) is 4.88. The smallest absolute Gasteiger partial charge is 0.272 e. The van der Waals surface area contributed by atoms with Gasteiger partial charge in [0, 0.05) is 37.8 Å². The van der Waals surface area contributed by atoms with E-state index in [1.165, 1.54) is 12.1 Å². The fraction of sp³-hybridized carbons (Fsp3) is 0.400. The molecule has 2 aliphatic heterocycles. The molecule has 1 aromatic carbocycles. The zero-order valence-corrected chi connectivity index (χ0v) is 16.0. The Morgan fingerprint density at radius 1 is 1.10 bits per heavy atom. The molecule has 0 bridgehead atoms. The van der Waals surface area contributed by atoms with Crippen LogP contribution in [0.4, 0.5) is 4.39 Å². The number of hydrogen-bond acceptors (Lipinski definition) is 5. The maximum Gasteiger partial charge on any atom is 0.272 e. The quantitative estimate of drug-likeness (QED) is 0.731. The van der Waals surface area contributed by atoms with Crippen molar-refractivity contribution in [3.05, 3.63) is 59.9 Å². The largest absolute Gasteiger partial charge is 0.337 e. The number of carbonyl (C=O) groups is 1. The van der Waals surface area contributed by atoms with Crippen LogP contribution in [0.5, 0.6) is 0 Å². The number of likely N-dealkylation sites (tertiary alicyclic amines) is 1. The number of nitrogens with one attached hydrogen (secondary N) is 1. The lowest BCUT2D eigenvalue weighted by molar-refractivity contribution is 0.0702. The van der Waals surface area contributed by atoms with E-state index in [4.69, 9.17) is 0 Å². The number of piperidine rings is 1. The second-order valence-corrected chi connectivity index (χ2v) is 7.49. The minimum absolute atomic E-state index is 0.0576. The van der Waals surface area contributed by atoms with Gasteiger partial charge in [-0.1, -0.05) is 0 Å². The van der Waals surface area contributed by atoms with Gasteiger partial charge in [-0.3, -0.25) is 9.36 Å². The topological polar surface area (TPSA) is 80.9 Å². The highest BCUT2D eigenvalue weighted by atomic mass is 19.1. The Labute approximate surface area is 167 Å². The normalized spacial score (nSPS) is 17.3. The van der Waals surface area contributed by atoms with E-state index >= 15 is 0 Å². The van der Waals surface area contributed by atoms with Gasteiger partial charge in [-0.05, 0) is 37.1 Å². The summed E-state index contributed by atoms with van der Waals surface area (Å²) >= 11 is 0. The zero-order chi connectivity index (χ0) is 19.8. The van der Waals surface area contributed by atoms with E-state index in [2.05, 4.69) is 25.1 Å². The van der Waals surface area contributed by atoms with Crippen LogP contribution in [0.3, 0.4) is 0 Å². The van der Waals surface area contributed by atoms with Crippen molar-refractivity contribution in [1.82, 2.24) is 34.5 Å². The van der Waals surface area contributed by atoms with Crippen LogP contribution in [0.1, 0.15) is 40.9 Å². The molecular formula is C20H22FN7O. The molecule has 5 rings (SSSR count). The maximum atomic E-state index is 13.2. The second kappa shape index (κ2) is 7.40. The molecule has 1 N–H and O–H groups in total. The molecule has 8 nitrogen and oxygen atoms in total. The van der Waals surface area contributed by atoms with Gasteiger partial charge in [-0.15, -0.1) is 10.2 Å². The van der Waals surface area contributed by atoms with Crippen molar-refractivity contribution in [1.29, 1.82) is 0 Å². The Kier molecular flexibility index (Phi) is 4.59. The van der Waals surface area contributed by atoms with E-state index in [1.54, 1.807) is 29.2 Å². The third kappa shape index (κ3) is 3.31. The molecular weight excluding hydrogens is 373 g/mol. The predicted molar refractivity (Wildman–Crippen MR) is 103 cm³/mol. The molecule has 2 aromatic heterocycles. The monoisotopic (exact) mass is 395 g/mol. The van der Waals surface area contributed by atoms with Gasteiger partial charge < -0.3 is 14.8 Å². The lowest BCUT2D eigenvalue weighted by atomic mass is 9.95. The second-order valence-electron chi connectivity index (χ2n) is 7.49. The molecule has 0 saturated carbocycles. The van der Waals surface area contributed by atoms with Crippen molar-refractivity contribution in [3.63, 3.8) is 0 Å². The number of fused-ring (bicyclic) bond motifs is 1. The first kappa shape index (κ1) is 18.0. The summed E-state index contributed by atoms with van der Waals surface area (Å²) in [5.41, 5.74) is 1.20. The van der Waals surface area contributed by atoms with Gasteiger partial charge in [0.1, 0.15) is 23.2 Å². The first-order chi connectivity index (χ1) is 14.2. The highest BCUT2D eigenvalue weighted by molar-refractivity contribution is 5.93. The lowest BCUT2D eigenvalue weighted by Gasteiger charge is -2.32. The molecule has 3 aromatic rings. The van der Waals surface area contributed by atoms with Gasteiger partial charge in [0.05, 0.1) is 19.1 Å². The van der Waals surface area contributed by atoms with E-state index in [0.717, 1.165) is 44.1 Å². The van der Waals surface area contributed by atoms with E-state index in [-0.39, 0.29) is 11.7 Å². The first-order valence-corrected chi connectivity index (χ1v) is 9.91. The van der Waals surface area contributed by atoms with E-state index < -0.39 is 0 Å². The standard InChI is InChI=1S/C20H22FN7O/c21-15-1-3-16(4-2-15)28-13-23-11-17(28)20(29)26-8-5-14(6-9-26)19-25-24-18-12-22-7-10-27(18)19/h1-4,11,13-14,22H,5-10,12H2. The molecule has 9 heteroatoms. The van der Waals surface area contributed by atoms with Crippen LogP contribution >= 0.6 is 0 Å². The highest BCUT2D eigenvalue weighted by Crippen LogP contribution is 2.28. The van der Waals surface area contributed by atoms with Crippen molar-refractivity contribution in [2.75, 3.05) is 19.6 Å². The van der Waals surface area contributed by atoms with Gasteiger partial charge >= 0.3 is 0 Å². The zero-order valence-electron chi connectivity index (χ0n) is 16.0. The SMILES string of the molecule is O=C(c1cncn1-c1ccc(F)cc1)N1CCC(c2nnc3n2CCNC3)CC1. The molecule has 4 heterocycles. The Bertz CT molecular complexity index is 1020. The predicted octanol–water partition coefficient (Wildman–Crippen LogP) is 1.73. The molecule has 150 valence electrons. The van der Waals surface area contributed by atoms with Gasteiger partial charge in [0.15, 0.2) is 0 Å². The molecule has 2 aliphatic rings. The van der Waals surface area contributed by atoms with Gasteiger partial charge in [-0.2, -0.15) is 0 Å². The molecule has 29 heavy (non-hydrogen) atoms. The van der Waals surface area contributed by atoms with Crippen molar-refractivity contribution in [2.24, 2.45) is 0 Å². The molecule has 0 spiro atoms. The van der Waals surface area contributed by atoms with Crippen molar-refractivity contribution >= 4 is 5.91 Å². The summed E-state index contributed by atoms with van der Waals surface area (Å²) in [7, 11) is 0. The van der Waals surface area contributed by atoms with Crippen molar-refractivity contribution in [2.45, 2.75) is 31.8 Å². The van der Waals surface area contributed by atoms with Crippen LogP contribution in [0.25, 0.3) is 5.69 Å². The fourth-order valence-corrected chi connectivity index (χ4v) is 4.18. The van der Waals surface area contributed by atoms with Crippen LogP contribution in [-0.2, 0) is 13.1 Å². The maximum absolute atomic E-state index is 13.2. The van der Waals surface area contributed by atoms with Gasteiger partial charge in [0.25, 0.3) is 5.91 Å². The number of hydrogen-bond donors (Lipinski definition) is 1. The van der Waals surface area contributed by atoms with E-state index in [1.807, 2.05) is 4.90 Å². The number of carbonyl (C=O) groups excluding carboxylic acids is 1. The Morgan fingerprint density at radius 2 is 1.90 bits per heavy atom. The molecule has 1 fully saturated rings. The third-order valence-corrected chi connectivity index (χ3v) is 5.76. The Morgan fingerprint density at radius 3 is 2.69 bits per heavy atom. The summed E-state index contributed by atoms with van der Waals surface area (Å²) in [6.45, 7) is 3.92. The molecule has 0 atom stereocenters. The molecule has 1 saturated heterocycles. The summed E-state index contributed by atoms with van der Waals surface area (Å²) in [6, 6.07) is 6.04. The lowest BCUT2D eigenvalue weighted by Crippen LogP contribution is -2.39. The van der Waals surface area contributed by atoms with Crippen LogP contribution in [0.2, 0.25) is 0 Å². The average molecular weight is 395 g/mol. The minimum Gasteiger partial charge on any atom is -0.337 e. The number of benzene rings is 1. The molecule has 0 aliphatic carbocycles. The molecule has 0 unspecified atom stereocenters. The third-order valence-electron chi connectivity index (χ3n) is 5.76. The number of imidazole rings is 1. The summed E-state index contributed by atoms with van der Waals surface area (Å²) in [5.74, 6) is 1.99. The Balaban J connectivity index is 1.29. The number of rotatable bonds is 3. The summed E-state index contributed by atoms with van der Waals surface area (Å²) < 4.78 is 17.2. The number of halogens is 1. The summed E-state index contributed by atoms with van der Waals surface area (Å²) in [4.78, 5) is 19.1. The number of nitrogens with zero attached hydrogens (tertiary/aromatic N) is 6. The average Bonchev–Trinajstić information content (AvgIpc) is 3.41. The van der Waals surface area contributed by atoms with E-state index in [9.17, 15) is 9.18 Å². The van der Waals surface area contributed by atoms with Crippen molar-refractivity contribution in [3.8, 4) is 5.69 Å². The van der Waals surface area contributed by atoms with Gasteiger partial charge in [-0.25, -0.2) is 9.37 Å². The number of amides is 1. The Hall–Kier alpha value is -3.07. The number of aromatic nitrogens is 5. The molecule has 0 radical (unpaired) electrons. The highest BCUT2D eigenvalue weighted by Gasteiger charge is 2.30. The van der Waals surface area contributed by atoms with Crippen LogP contribution < -0.4 is 5.32 Å². The van der Waals surface area contributed by atoms with Crippen LogP contribution in [0, 0.1) is 5.82 Å². The first-order valence-electron chi connectivity index (χ1n) is 9.91.